The molecule has 0 aliphatic rings. The minimum absolute atomic E-state index is 0.0254. The fraction of sp³-hybridized carbons (Fsp3) is 0.400. The summed E-state index contributed by atoms with van der Waals surface area (Å²) in [7, 11) is -7.00. The Kier molecular flexibility index (Phi) is 5.19. The van der Waals surface area contributed by atoms with Crippen molar-refractivity contribution < 1.29 is 16.8 Å². The van der Waals surface area contributed by atoms with Crippen LogP contribution in [0.1, 0.15) is 6.92 Å². The topological polar surface area (TPSA) is 106 Å². The molecule has 0 radical (unpaired) electrons. The van der Waals surface area contributed by atoms with Gasteiger partial charge in [-0.25, -0.2) is 21.6 Å². The second-order valence-corrected chi connectivity index (χ2v) is 8.46. The lowest BCUT2D eigenvalue weighted by Gasteiger charge is -2.08. The molecular formula is C10H15ClN2O4S2. The van der Waals surface area contributed by atoms with Crippen molar-refractivity contribution in [3.63, 3.8) is 0 Å². The molecule has 9 heteroatoms. The molecule has 6 nitrogen and oxygen atoms in total. The molecule has 19 heavy (non-hydrogen) atoms. The molecule has 0 aliphatic carbocycles. The number of nitrogens with two attached hydrogens (primary N) is 1. The SMILES string of the molecule is CCS(=O)(=O)CCNS(=O)(=O)c1ccc(N)c(Cl)c1. The quantitative estimate of drug-likeness (QED) is 0.746. The number of sulfone groups is 1. The van der Waals surface area contributed by atoms with Crippen molar-refractivity contribution in [2.75, 3.05) is 23.8 Å². The monoisotopic (exact) mass is 326 g/mol. The fourth-order valence-electron chi connectivity index (χ4n) is 1.23. The molecule has 1 rings (SSSR count). The van der Waals surface area contributed by atoms with Gasteiger partial charge in [0.05, 0.1) is 21.4 Å². The summed E-state index contributed by atoms with van der Waals surface area (Å²) in [5.41, 5.74) is 5.75. The van der Waals surface area contributed by atoms with Crippen molar-refractivity contribution in [3.05, 3.63) is 23.2 Å². The van der Waals surface area contributed by atoms with Crippen LogP contribution in [0.15, 0.2) is 23.1 Å². The van der Waals surface area contributed by atoms with Gasteiger partial charge in [-0.1, -0.05) is 18.5 Å². The Labute approximate surface area is 117 Å². The Bertz CT molecular complexity index is 656. The molecular weight excluding hydrogens is 312 g/mol. The lowest BCUT2D eigenvalue weighted by Crippen LogP contribution is -2.29. The van der Waals surface area contributed by atoms with Gasteiger partial charge in [0, 0.05) is 12.3 Å². The molecule has 0 amide bonds. The van der Waals surface area contributed by atoms with E-state index in [1.165, 1.54) is 25.1 Å². The van der Waals surface area contributed by atoms with Gasteiger partial charge in [0.25, 0.3) is 0 Å². The van der Waals surface area contributed by atoms with E-state index < -0.39 is 19.9 Å². The van der Waals surface area contributed by atoms with E-state index in [2.05, 4.69) is 4.72 Å². The van der Waals surface area contributed by atoms with E-state index >= 15 is 0 Å². The van der Waals surface area contributed by atoms with Crippen LogP contribution in [-0.2, 0) is 19.9 Å². The smallest absolute Gasteiger partial charge is 0.240 e. The largest absolute Gasteiger partial charge is 0.398 e. The van der Waals surface area contributed by atoms with Crippen LogP contribution in [0.3, 0.4) is 0 Å². The van der Waals surface area contributed by atoms with Gasteiger partial charge in [0.2, 0.25) is 10.0 Å². The van der Waals surface area contributed by atoms with Crippen molar-refractivity contribution in [2.45, 2.75) is 11.8 Å². The molecule has 1 aromatic carbocycles. The Hall–Kier alpha value is -0.830. The second-order valence-electron chi connectivity index (χ2n) is 3.82. The molecule has 3 N–H and O–H groups in total. The second kappa shape index (κ2) is 6.08. The summed E-state index contributed by atoms with van der Waals surface area (Å²) in [6.07, 6.45) is 0. The third kappa shape index (κ3) is 4.64. The third-order valence-corrected chi connectivity index (χ3v) is 5.92. The molecule has 1 aromatic rings. The number of nitrogen functional groups attached to an aromatic ring is 1. The molecule has 0 atom stereocenters. The average Bonchev–Trinajstić information content (AvgIpc) is 2.32. The van der Waals surface area contributed by atoms with Gasteiger partial charge in [-0.2, -0.15) is 0 Å². The number of rotatable bonds is 6. The first-order valence-electron chi connectivity index (χ1n) is 5.43. The predicted octanol–water partition coefficient (Wildman–Crippen LogP) is 0.635. The average molecular weight is 327 g/mol. The van der Waals surface area contributed by atoms with Crippen molar-refractivity contribution in [1.82, 2.24) is 4.72 Å². The first-order chi connectivity index (χ1) is 8.68. The van der Waals surface area contributed by atoms with Crippen LogP contribution in [0.4, 0.5) is 5.69 Å². The summed E-state index contributed by atoms with van der Waals surface area (Å²) in [6, 6.07) is 3.89. The summed E-state index contributed by atoms with van der Waals surface area (Å²) in [5, 5.41) is 0.129. The van der Waals surface area contributed by atoms with Gasteiger partial charge < -0.3 is 5.73 Å². The lowest BCUT2D eigenvalue weighted by atomic mass is 10.3. The number of benzene rings is 1. The van der Waals surface area contributed by atoms with Gasteiger partial charge in [-0.05, 0) is 18.2 Å². The minimum Gasteiger partial charge on any atom is -0.398 e. The van der Waals surface area contributed by atoms with Crippen LogP contribution in [0, 0.1) is 0 Å². The van der Waals surface area contributed by atoms with E-state index in [0.29, 0.717) is 0 Å². The first kappa shape index (κ1) is 16.2. The number of nitrogens with one attached hydrogen (secondary N) is 1. The highest BCUT2D eigenvalue weighted by Gasteiger charge is 2.16. The highest BCUT2D eigenvalue weighted by molar-refractivity contribution is 7.91. The van der Waals surface area contributed by atoms with E-state index in [9.17, 15) is 16.8 Å². The van der Waals surface area contributed by atoms with E-state index in [-0.39, 0.29) is 33.7 Å². The summed E-state index contributed by atoms with van der Waals surface area (Å²) in [6.45, 7) is 1.32. The molecule has 0 aromatic heterocycles. The van der Waals surface area contributed by atoms with Crippen LogP contribution in [0.2, 0.25) is 5.02 Å². The maximum atomic E-state index is 11.9. The molecule has 0 spiro atoms. The van der Waals surface area contributed by atoms with Crippen LogP contribution in [0.5, 0.6) is 0 Å². The number of anilines is 1. The summed E-state index contributed by atoms with van der Waals surface area (Å²) >= 11 is 5.74. The Morgan fingerprint density at radius 1 is 1.26 bits per heavy atom. The number of hydrogen-bond donors (Lipinski definition) is 2. The van der Waals surface area contributed by atoms with Gasteiger partial charge in [0.15, 0.2) is 9.84 Å². The maximum Gasteiger partial charge on any atom is 0.240 e. The highest BCUT2D eigenvalue weighted by atomic mass is 35.5. The van der Waals surface area contributed by atoms with E-state index in [1.807, 2.05) is 0 Å². The standard InChI is InChI=1S/C10H15ClN2O4S2/c1-2-18(14,15)6-5-13-19(16,17)8-3-4-10(12)9(11)7-8/h3-4,7,13H,2,5-6,12H2,1H3. The van der Waals surface area contributed by atoms with Crippen LogP contribution >= 0.6 is 11.6 Å². The first-order valence-corrected chi connectivity index (χ1v) is 9.11. The maximum absolute atomic E-state index is 11.9. The zero-order valence-electron chi connectivity index (χ0n) is 10.3. The van der Waals surface area contributed by atoms with Crippen LogP contribution in [-0.4, -0.2) is 34.9 Å². The molecule has 0 fully saturated rings. The molecule has 0 heterocycles. The fourth-order valence-corrected chi connectivity index (χ4v) is 3.37. The minimum atomic E-state index is -3.78. The van der Waals surface area contributed by atoms with Crippen molar-refractivity contribution in [1.29, 1.82) is 0 Å². The van der Waals surface area contributed by atoms with E-state index in [1.54, 1.807) is 0 Å². The Balaban J connectivity index is 2.79. The van der Waals surface area contributed by atoms with Crippen molar-refractivity contribution in [2.24, 2.45) is 0 Å². The molecule has 0 saturated carbocycles. The predicted molar refractivity (Wildman–Crippen MR) is 75.4 cm³/mol. The molecule has 108 valence electrons. The zero-order chi connectivity index (χ0) is 14.7. The highest BCUT2D eigenvalue weighted by Crippen LogP contribution is 2.22. The lowest BCUT2D eigenvalue weighted by molar-refractivity contribution is 0.581. The zero-order valence-corrected chi connectivity index (χ0v) is 12.6. The number of sulfonamides is 1. The van der Waals surface area contributed by atoms with Gasteiger partial charge >= 0.3 is 0 Å². The summed E-state index contributed by atoms with van der Waals surface area (Å²) in [5.74, 6) is -0.270. The molecule has 0 saturated heterocycles. The Morgan fingerprint density at radius 2 is 1.89 bits per heavy atom. The van der Waals surface area contributed by atoms with Crippen LogP contribution < -0.4 is 10.5 Å². The van der Waals surface area contributed by atoms with Gasteiger partial charge in [-0.15, -0.1) is 0 Å². The molecule has 0 unspecified atom stereocenters. The summed E-state index contributed by atoms with van der Waals surface area (Å²) < 4.78 is 48.4. The molecule has 0 aliphatic heterocycles. The third-order valence-electron chi connectivity index (χ3n) is 2.43. The summed E-state index contributed by atoms with van der Waals surface area (Å²) in [4.78, 5) is -0.0550. The Morgan fingerprint density at radius 3 is 2.42 bits per heavy atom. The number of hydrogen-bond acceptors (Lipinski definition) is 5. The van der Waals surface area contributed by atoms with Crippen molar-refractivity contribution in [3.8, 4) is 0 Å². The normalized spacial score (nSPS) is 12.5. The van der Waals surface area contributed by atoms with Gasteiger partial charge in [0.1, 0.15) is 0 Å². The van der Waals surface area contributed by atoms with E-state index in [0.717, 1.165) is 0 Å². The van der Waals surface area contributed by atoms with Gasteiger partial charge in [-0.3, -0.25) is 0 Å². The van der Waals surface area contributed by atoms with Crippen LogP contribution in [0.25, 0.3) is 0 Å². The molecule has 0 bridgehead atoms. The van der Waals surface area contributed by atoms with Crippen molar-refractivity contribution >= 4 is 37.1 Å². The van der Waals surface area contributed by atoms with E-state index in [4.69, 9.17) is 17.3 Å². The number of halogens is 1.